The second-order valence-corrected chi connectivity index (χ2v) is 3.58. The fourth-order valence-electron chi connectivity index (χ4n) is 1.37. The maximum Gasteiger partial charge on any atom is 0.248 e. The van der Waals surface area contributed by atoms with Gasteiger partial charge in [-0.05, 0) is 30.2 Å². The molecule has 86 valence electrons. The lowest BCUT2D eigenvalue weighted by atomic mass is 10.0. The number of rotatable bonds is 5. The van der Waals surface area contributed by atoms with E-state index in [1.165, 1.54) is 0 Å². The third-order valence-electron chi connectivity index (χ3n) is 2.24. The van der Waals surface area contributed by atoms with E-state index in [-0.39, 0.29) is 6.54 Å². The Morgan fingerprint density at radius 2 is 2.00 bits per heavy atom. The van der Waals surface area contributed by atoms with Crippen LogP contribution in [-0.2, 0) is 11.3 Å². The first kappa shape index (κ1) is 12.2. The number of benzene rings is 1. The first-order valence-electron chi connectivity index (χ1n) is 4.89. The van der Waals surface area contributed by atoms with Crippen LogP contribution in [0.5, 0.6) is 0 Å². The lowest BCUT2D eigenvalue weighted by Gasteiger charge is -2.07. The molecule has 0 bridgehead atoms. The van der Waals surface area contributed by atoms with Crippen LogP contribution in [0, 0.1) is 6.92 Å². The highest BCUT2D eigenvalue weighted by Crippen LogP contribution is 2.10. The molecule has 5 heteroatoms. The fourth-order valence-corrected chi connectivity index (χ4v) is 1.37. The molecule has 2 amide bonds. The van der Waals surface area contributed by atoms with E-state index in [0.717, 1.165) is 11.1 Å². The molecular weight excluding hydrogens is 206 g/mol. The second kappa shape index (κ2) is 5.27. The molecule has 16 heavy (non-hydrogen) atoms. The van der Waals surface area contributed by atoms with E-state index in [2.05, 4.69) is 5.32 Å². The van der Waals surface area contributed by atoms with Crippen molar-refractivity contribution in [2.45, 2.75) is 13.5 Å². The van der Waals surface area contributed by atoms with Crippen molar-refractivity contribution in [3.63, 3.8) is 0 Å². The minimum absolute atomic E-state index is 0.136. The number of amides is 2. The Morgan fingerprint density at radius 1 is 1.31 bits per heavy atom. The van der Waals surface area contributed by atoms with E-state index < -0.39 is 11.8 Å². The average Bonchev–Trinajstić information content (AvgIpc) is 2.19. The molecule has 5 nitrogen and oxygen atoms in total. The topological polar surface area (TPSA) is 98.2 Å². The van der Waals surface area contributed by atoms with Gasteiger partial charge in [0.15, 0.2) is 0 Å². The van der Waals surface area contributed by atoms with Crippen LogP contribution in [-0.4, -0.2) is 18.4 Å². The molecular formula is C11H15N3O2. The van der Waals surface area contributed by atoms with Gasteiger partial charge in [-0.1, -0.05) is 6.07 Å². The summed E-state index contributed by atoms with van der Waals surface area (Å²) in [4.78, 5) is 21.4. The van der Waals surface area contributed by atoms with E-state index >= 15 is 0 Å². The highest BCUT2D eigenvalue weighted by Gasteiger charge is 2.04. The fraction of sp³-hybridized carbons (Fsp3) is 0.273. The van der Waals surface area contributed by atoms with Crippen molar-refractivity contribution in [3.05, 3.63) is 34.9 Å². The Bertz CT molecular complexity index is 416. The summed E-state index contributed by atoms with van der Waals surface area (Å²) in [5.74, 6) is -0.842. The van der Waals surface area contributed by atoms with Crippen LogP contribution in [0.2, 0.25) is 0 Å². The minimum Gasteiger partial charge on any atom is -0.369 e. The number of carbonyl (C=O) groups excluding carboxylic acids is 2. The predicted octanol–water partition coefficient (Wildman–Crippen LogP) is -0.331. The van der Waals surface area contributed by atoms with E-state index in [1.54, 1.807) is 12.1 Å². The summed E-state index contributed by atoms with van der Waals surface area (Å²) >= 11 is 0. The largest absolute Gasteiger partial charge is 0.369 e. The summed E-state index contributed by atoms with van der Waals surface area (Å²) in [6.07, 6.45) is 0. The Morgan fingerprint density at radius 3 is 2.50 bits per heavy atom. The van der Waals surface area contributed by atoms with Crippen LogP contribution < -0.4 is 16.8 Å². The molecule has 0 unspecified atom stereocenters. The van der Waals surface area contributed by atoms with E-state index in [1.807, 2.05) is 13.0 Å². The van der Waals surface area contributed by atoms with Crippen molar-refractivity contribution >= 4 is 11.8 Å². The summed E-state index contributed by atoms with van der Waals surface area (Å²) < 4.78 is 0. The molecule has 0 aromatic heterocycles. The Balaban J connectivity index is 2.68. The van der Waals surface area contributed by atoms with Gasteiger partial charge in [-0.15, -0.1) is 0 Å². The Kier molecular flexibility index (Phi) is 4.02. The van der Waals surface area contributed by atoms with Gasteiger partial charge in [0, 0.05) is 12.1 Å². The second-order valence-electron chi connectivity index (χ2n) is 3.58. The Labute approximate surface area is 93.8 Å². The van der Waals surface area contributed by atoms with Crippen molar-refractivity contribution in [1.82, 2.24) is 5.32 Å². The molecule has 0 aliphatic carbocycles. The number of carbonyl (C=O) groups is 2. The maximum absolute atomic E-state index is 10.9. The monoisotopic (exact) mass is 221 g/mol. The molecule has 1 rings (SSSR count). The van der Waals surface area contributed by atoms with Crippen LogP contribution in [0.25, 0.3) is 0 Å². The van der Waals surface area contributed by atoms with Crippen LogP contribution in [0.3, 0.4) is 0 Å². The van der Waals surface area contributed by atoms with Gasteiger partial charge >= 0.3 is 0 Å². The van der Waals surface area contributed by atoms with Gasteiger partial charge in [0.2, 0.25) is 11.8 Å². The number of nitrogens with one attached hydrogen (secondary N) is 1. The normalized spacial score (nSPS) is 10.1. The number of hydrogen-bond donors (Lipinski definition) is 3. The van der Waals surface area contributed by atoms with Crippen molar-refractivity contribution in [3.8, 4) is 0 Å². The summed E-state index contributed by atoms with van der Waals surface area (Å²) in [7, 11) is 0. The lowest BCUT2D eigenvalue weighted by molar-refractivity contribution is -0.117. The highest BCUT2D eigenvalue weighted by molar-refractivity contribution is 5.93. The van der Waals surface area contributed by atoms with Gasteiger partial charge in [-0.3, -0.25) is 9.59 Å². The molecule has 1 aromatic rings. The molecule has 0 aliphatic rings. The standard InChI is InChI=1S/C11H15N3O2/c1-7-4-8(11(13)16)2-3-9(7)5-14-6-10(12)15/h2-4,14H,5-6H2,1H3,(H2,12,15)(H2,13,16). The van der Waals surface area contributed by atoms with Gasteiger partial charge in [0.1, 0.15) is 0 Å². The molecule has 5 N–H and O–H groups in total. The minimum atomic E-state index is -0.445. The summed E-state index contributed by atoms with van der Waals surface area (Å²) in [5, 5.41) is 2.90. The quantitative estimate of drug-likeness (QED) is 0.634. The van der Waals surface area contributed by atoms with Gasteiger partial charge in [0.25, 0.3) is 0 Å². The SMILES string of the molecule is Cc1cc(C(N)=O)ccc1CNCC(N)=O. The van der Waals surface area contributed by atoms with Crippen LogP contribution in [0.4, 0.5) is 0 Å². The first-order chi connectivity index (χ1) is 7.50. The molecule has 0 atom stereocenters. The molecule has 0 saturated carbocycles. The summed E-state index contributed by atoms with van der Waals surface area (Å²) in [6, 6.07) is 5.20. The summed E-state index contributed by atoms with van der Waals surface area (Å²) in [6.45, 7) is 2.55. The van der Waals surface area contributed by atoms with Crippen molar-refractivity contribution in [2.24, 2.45) is 11.5 Å². The Hall–Kier alpha value is -1.88. The molecule has 0 heterocycles. The van der Waals surface area contributed by atoms with E-state index in [0.29, 0.717) is 12.1 Å². The predicted molar refractivity (Wildman–Crippen MR) is 60.6 cm³/mol. The number of aryl methyl sites for hydroxylation is 1. The average molecular weight is 221 g/mol. The van der Waals surface area contributed by atoms with Crippen LogP contribution >= 0.6 is 0 Å². The smallest absolute Gasteiger partial charge is 0.248 e. The summed E-state index contributed by atoms with van der Waals surface area (Å²) in [5.41, 5.74) is 12.6. The molecule has 0 radical (unpaired) electrons. The maximum atomic E-state index is 10.9. The lowest BCUT2D eigenvalue weighted by Crippen LogP contribution is -2.28. The third kappa shape index (κ3) is 3.36. The van der Waals surface area contributed by atoms with E-state index in [4.69, 9.17) is 11.5 Å². The number of nitrogens with two attached hydrogens (primary N) is 2. The third-order valence-corrected chi connectivity index (χ3v) is 2.24. The van der Waals surface area contributed by atoms with Gasteiger partial charge in [0.05, 0.1) is 6.54 Å². The molecule has 0 saturated heterocycles. The van der Waals surface area contributed by atoms with Crippen LogP contribution in [0.15, 0.2) is 18.2 Å². The zero-order valence-corrected chi connectivity index (χ0v) is 9.12. The molecule has 0 aliphatic heterocycles. The van der Waals surface area contributed by atoms with E-state index in [9.17, 15) is 9.59 Å². The van der Waals surface area contributed by atoms with Gasteiger partial charge in [-0.25, -0.2) is 0 Å². The number of primary amides is 2. The first-order valence-corrected chi connectivity index (χ1v) is 4.89. The van der Waals surface area contributed by atoms with Crippen molar-refractivity contribution in [1.29, 1.82) is 0 Å². The molecule has 1 aromatic carbocycles. The van der Waals surface area contributed by atoms with Gasteiger partial charge in [-0.2, -0.15) is 0 Å². The number of hydrogen-bond acceptors (Lipinski definition) is 3. The van der Waals surface area contributed by atoms with Crippen molar-refractivity contribution < 1.29 is 9.59 Å². The van der Waals surface area contributed by atoms with Crippen molar-refractivity contribution in [2.75, 3.05) is 6.54 Å². The van der Waals surface area contributed by atoms with Gasteiger partial charge < -0.3 is 16.8 Å². The molecule has 0 spiro atoms. The van der Waals surface area contributed by atoms with Crippen LogP contribution in [0.1, 0.15) is 21.5 Å². The molecule has 0 fully saturated rings. The highest BCUT2D eigenvalue weighted by atomic mass is 16.1. The zero-order valence-electron chi connectivity index (χ0n) is 9.12. The zero-order chi connectivity index (χ0) is 12.1.